The molecule has 1 aromatic carbocycles. The van der Waals surface area contributed by atoms with Gasteiger partial charge in [-0.25, -0.2) is 0 Å². The molecular formula is C20H21F3N4O2. The summed E-state index contributed by atoms with van der Waals surface area (Å²) < 4.78 is 46.5. The van der Waals surface area contributed by atoms with Gasteiger partial charge in [-0.05, 0) is 50.1 Å². The maximum Gasteiger partial charge on any atom is 0.416 e. The summed E-state index contributed by atoms with van der Waals surface area (Å²) in [5.41, 5.74) is 0.517. The molecule has 0 saturated carbocycles. The lowest BCUT2D eigenvalue weighted by Crippen LogP contribution is -2.31. The molecule has 0 amide bonds. The van der Waals surface area contributed by atoms with Gasteiger partial charge in [-0.1, -0.05) is 0 Å². The molecule has 1 aliphatic heterocycles. The first-order chi connectivity index (χ1) is 13.8. The molecule has 4 rings (SSSR count). The molecule has 154 valence electrons. The van der Waals surface area contributed by atoms with E-state index in [0.717, 1.165) is 32.0 Å². The number of piperidine rings is 1. The van der Waals surface area contributed by atoms with Crippen LogP contribution in [0.3, 0.4) is 0 Å². The molecule has 9 heteroatoms. The molecule has 1 atom stereocenters. The normalized spacial score (nSPS) is 17.6. The predicted octanol–water partition coefficient (Wildman–Crippen LogP) is 4.06. The zero-order chi connectivity index (χ0) is 20.8. The van der Waals surface area contributed by atoms with Crippen LogP contribution in [0.15, 0.2) is 24.4 Å². The molecule has 3 aromatic rings. The maximum absolute atomic E-state index is 13.0. The molecule has 6 nitrogen and oxygen atoms in total. The van der Waals surface area contributed by atoms with E-state index in [-0.39, 0.29) is 17.2 Å². The largest absolute Gasteiger partial charge is 0.507 e. The number of benzene rings is 1. The molecule has 1 fully saturated rings. The smallest absolute Gasteiger partial charge is 0.416 e. The molecule has 2 N–H and O–H groups in total. The van der Waals surface area contributed by atoms with E-state index >= 15 is 0 Å². The van der Waals surface area contributed by atoms with Crippen LogP contribution in [0, 0.1) is 6.92 Å². The van der Waals surface area contributed by atoms with Crippen molar-refractivity contribution in [1.29, 1.82) is 0 Å². The molecule has 0 unspecified atom stereocenters. The highest BCUT2D eigenvalue weighted by Crippen LogP contribution is 2.40. The molecule has 0 radical (unpaired) electrons. The maximum atomic E-state index is 13.0. The lowest BCUT2D eigenvalue weighted by Gasteiger charge is -2.24. The standard InChI is InChI=1S/C20H21F3N4O2/c1-11-6-12(20(21,22)23)7-16(28)18(11)15-8-14-17(29-2)10-27(19(14)26-25-15)13-4-3-5-24-9-13/h6-8,10,13,24,28H,3-5,9H2,1-2H3/t13-/m1/s1. The highest BCUT2D eigenvalue weighted by atomic mass is 19.4. The summed E-state index contributed by atoms with van der Waals surface area (Å²) in [6.07, 6.45) is -0.607. The summed E-state index contributed by atoms with van der Waals surface area (Å²) >= 11 is 0. The van der Waals surface area contributed by atoms with Crippen LogP contribution in [0.1, 0.15) is 30.0 Å². The first-order valence-electron chi connectivity index (χ1n) is 9.33. The zero-order valence-corrected chi connectivity index (χ0v) is 16.0. The second-order valence-electron chi connectivity index (χ2n) is 7.26. The van der Waals surface area contributed by atoms with Crippen LogP contribution in [0.4, 0.5) is 13.2 Å². The Kier molecular flexibility index (Phi) is 4.85. The fraction of sp³-hybridized carbons (Fsp3) is 0.400. The van der Waals surface area contributed by atoms with Crippen LogP contribution in [-0.4, -0.2) is 40.1 Å². The molecule has 1 saturated heterocycles. The highest BCUT2D eigenvalue weighted by Gasteiger charge is 2.32. The Hall–Kier alpha value is -2.81. The Labute approximate surface area is 165 Å². The third-order valence-electron chi connectivity index (χ3n) is 5.32. The van der Waals surface area contributed by atoms with Crippen molar-refractivity contribution in [2.45, 2.75) is 32.0 Å². The number of methoxy groups -OCH3 is 1. The molecule has 0 aliphatic carbocycles. The summed E-state index contributed by atoms with van der Waals surface area (Å²) in [5, 5.41) is 22.9. The zero-order valence-electron chi connectivity index (χ0n) is 16.0. The summed E-state index contributed by atoms with van der Waals surface area (Å²) in [4.78, 5) is 0. The number of nitrogens with zero attached hydrogens (tertiary/aromatic N) is 3. The van der Waals surface area contributed by atoms with Gasteiger partial charge in [0.2, 0.25) is 0 Å². The number of halogens is 3. The number of hydrogen-bond acceptors (Lipinski definition) is 5. The van der Waals surface area contributed by atoms with Gasteiger partial charge in [0.05, 0.1) is 23.8 Å². The predicted molar refractivity (Wildman–Crippen MR) is 102 cm³/mol. The van der Waals surface area contributed by atoms with Crippen molar-refractivity contribution in [2.24, 2.45) is 0 Å². The molecule has 0 spiro atoms. The van der Waals surface area contributed by atoms with Gasteiger partial charge in [0.25, 0.3) is 0 Å². The average molecular weight is 406 g/mol. The van der Waals surface area contributed by atoms with Gasteiger partial charge >= 0.3 is 6.18 Å². The summed E-state index contributed by atoms with van der Waals surface area (Å²) in [6.45, 7) is 3.30. The van der Waals surface area contributed by atoms with Crippen molar-refractivity contribution in [2.75, 3.05) is 20.2 Å². The fourth-order valence-electron chi connectivity index (χ4n) is 3.91. The van der Waals surface area contributed by atoms with Gasteiger partial charge in [-0.15, -0.1) is 10.2 Å². The number of nitrogens with one attached hydrogen (secondary N) is 1. The topological polar surface area (TPSA) is 72.2 Å². The number of aryl methyl sites for hydroxylation is 1. The molecule has 29 heavy (non-hydrogen) atoms. The highest BCUT2D eigenvalue weighted by molar-refractivity contribution is 5.88. The number of aromatic nitrogens is 3. The number of ether oxygens (including phenoxy) is 1. The van der Waals surface area contributed by atoms with Gasteiger partial charge in [-0.3, -0.25) is 0 Å². The van der Waals surface area contributed by atoms with E-state index in [1.54, 1.807) is 13.2 Å². The number of aromatic hydroxyl groups is 1. The Morgan fingerprint density at radius 2 is 2.03 bits per heavy atom. The molecule has 2 aromatic heterocycles. The first kappa shape index (κ1) is 19.5. The van der Waals surface area contributed by atoms with E-state index in [0.29, 0.717) is 28.5 Å². The van der Waals surface area contributed by atoms with Crippen molar-refractivity contribution in [3.63, 3.8) is 0 Å². The SMILES string of the molecule is COc1cn([C@@H]2CCCNC2)c2nnc(-c3c(C)cc(C(F)(F)F)cc3O)cc12. The van der Waals surface area contributed by atoms with Crippen LogP contribution in [0.5, 0.6) is 11.5 Å². The average Bonchev–Trinajstić information content (AvgIpc) is 3.05. The van der Waals surface area contributed by atoms with E-state index in [2.05, 4.69) is 15.5 Å². The second-order valence-corrected chi connectivity index (χ2v) is 7.26. The van der Waals surface area contributed by atoms with Crippen molar-refractivity contribution in [3.05, 3.63) is 35.5 Å². The van der Waals surface area contributed by atoms with E-state index in [1.165, 1.54) is 6.92 Å². The van der Waals surface area contributed by atoms with Crippen molar-refractivity contribution < 1.29 is 23.0 Å². The fourth-order valence-corrected chi connectivity index (χ4v) is 3.91. The number of hydrogen-bond donors (Lipinski definition) is 2. The third kappa shape index (κ3) is 3.50. The monoisotopic (exact) mass is 406 g/mol. The van der Waals surface area contributed by atoms with Gasteiger partial charge in [0, 0.05) is 24.3 Å². The minimum atomic E-state index is -4.54. The van der Waals surface area contributed by atoms with Crippen molar-refractivity contribution >= 4 is 11.0 Å². The number of phenols is 1. The van der Waals surface area contributed by atoms with Gasteiger partial charge in [0.15, 0.2) is 5.65 Å². The Balaban J connectivity index is 1.82. The van der Waals surface area contributed by atoms with Gasteiger partial charge < -0.3 is 19.7 Å². The Morgan fingerprint density at radius 3 is 2.66 bits per heavy atom. The van der Waals surface area contributed by atoms with Crippen molar-refractivity contribution in [3.8, 4) is 22.8 Å². The Bertz CT molecular complexity index is 1030. The van der Waals surface area contributed by atoms with Crippen LogP contribution in [0.2, 0.25) is 0 Å². The Morgan fingerprint density at radius 1 is 1.24 bits per heavy atom. The molecular weight excluding hydrogens is 385 g/mol. The van der Waals surface area contributed by atoms with Gasteiger partial charge in [0.1, 0.15) is 11.5 Å². The van der Waals surface area contributed by atoms with E-state index in [9.17, 15) is 18.3 Å². The molecule has 3 heterocycles. The van der Waals surface area contributed by atoms with E-state index in [4.69, 9.17) is 4.74 Å². The van der Waals surface area contributed by atoms with Gasteiger partial charge in [-0.2, -0.15) is 13.2 Å². The molecule has 0 bridgehead atoms. The summed E-state index contributed by atoms with van der Waals surface area (Å²) in [5.74, 6) is 0.117. The second kappa shape index (κ2) is 7.22. The lowest BCUT2D eigenvalue weighted by molar-refractivity contribution is -0.137. The summed E-state index contributed by atoms with van der Waals surface area (Å²) in [6, 6.07) is 3.63. The first-order valence-corrected chi connectivity index (χ1v) is 9.33. The minimum absolute atomic E-state index is 0.219. The summed E-state index contributed by atoms with van der Waals surface area (Å²) in [7, 11) is 1.55. The van der Waals surface area contributed by atoms with E-state index < -0.39 is 17.5 Å². The van der Waals surface area contributed by atoms with Crippen molar-refractivity contribution in [1.82, 2.24) is 20.1 Å². The van der Waals surface area contributed by atoms with Crippen LogP contribution < -0.4 is 10.1 Å². The third-order valence-corrected chi connectivity index (χ3v) is 5.32. The quantitative estimate of drug-likeness (QED) is 0.686. The minimum Gasteiger partial charge on any atom is -0.507 e. The van der Waals surface area contributed by atoms with Crippen LogP contribution in [0.25, 0.3) is 22.3 Å². The molecule has 1 aliphatic rings. The number of alkyl halides is 3. The lowest BCUT2D eigenvalue weighted by atomic mass is 10.00. The number of rotatable bonds is 3. The number of fused-ring (bicyclic) bond motifs is 1. The van der Waals surface area contributed by atoms with E-state index in [1.807, 2.05) is 10.8 Å². The van der Waals surface area contributed by atoms with Crippen LogP contribution >= 0.6 is 0 Å². The van der Waals surface area contributed by atoms with Crippen LogP contribution in [-0.2, 0) is 6.18 Å². The number of phenolic OH excluding ortho intramolecular Hbond substituents is 1.